The lowest BCUT2D eigenvalue weighted by molar-refractivity contribution is -0.156. The lowest BCUT2D eigenvalue weighted by Crippen LogP contribution is -2.51. The van der Waals surface area contributed by atoms with Crippen LogP contribution in [0.25, 0.3) is 0 Å². The van der Waals surface area contributed by atoms with Gasteiger partial charge in [0.2, 0.25) is 5.91 Å². The first-order chi connectivity index (χ1) is 9.15. The predicted octanol–water partition coefficient (Wildman–Crippen LogP) is 2.07. The smallest absolute Gasteiger partial charge is 0.235 e. The van der Waals surface area contributed by atoms with Gasteiger partial charge in [-0.3, -0.25) is 4.79 Å². The van der Waals surface area contributed by atoms with Crippen LogP contribution in [0.2, 0.25) is 0 Å². The summed E-state index contributed by atoms with van der Waals surface area (Å²) in [6, 6.07) is 5.30. The third kappa shape index (κ3) is 2.51. The summed E-state index contributed by atoms with van der Waals surface area (Å²) in [5.74, 6) is 1.25. The highest BCUT2D eigenvalue weighted by molar-refractivity contribution is 5.97. The lowest BCUT2D eigenvalue weighted by atomic mass is 9.82. The third-order valence-corrected chi connectivity index (χ3v) is 3.57. The van der Waals surface area contributed by atoms with Crippen LogP contribution in [0.5, 0.6) is 11.5 Å². The molecule has 0 aromatic heterocycles. The van der Waals surface area contributed by atoms with E-state index < -0.39 is 5.41 Å². The molecule has 1 aromatic rings. The van der Waals surface area contributed by atoms with Gasteiger partial charge in [0.15, 0.2) is 0 Å². The van der Waals surface area contributed by atoms with Crippen molar-refractivity contribution in [3.8, 4) is 11.5 Å². The molecule has 1 fully saturated rings. The number of rotatable bonds is 5. The van der Waals surface area contributed by atoms with Crippen molar-refractivity contribution >= 4 is 11.6 Å². The van der Waals surface area contributed by atoms with E-state index in [2.05, 4.69) is 5.32 Å². The van der Waals surface area contributed by atoms with Gasteiger partial charge in [0.05, 0.1) is 38.5 Å². The lowest BCUT2D eigenvalue weighted by Gasteiger charge is -2.39. The van der Waals surface area contributed by atoms with Crippen molar-refractivity contribution in [1.29, 1.82) is 0 Å². The van der Waals surface area contributed by atoms with E-state index in [1.54, 1.807) is 32.4 Å². The van der Waals surface area contributed by atoms with Crippen molar-refractivity contribution < 1.29 is 19.0 Å². The number of carbonyl (C=O) groups excluding carboxylic acids is 1. The molecule has 1 heterocycles. The fourth-order valence-corrected chi connectivity index (χ4v) is 2.00. The van der Waals surface area contributed by atoms with E-state index in [0.717, 1.165) is 6.42 Å². The van der Waals surface area contributed by atoms with Gasteiger partial charge in [0.1, 0.15) is 11.5 Å². The van der Waals surface area contributed by atoms with Crippen molar-refractivity contribution in [3.05, 3.63) is 18.2 Å². The summed E-state index contributed by atoms with van der Waals surface area (Å²) in [6.07, 6.45) is 0.761. The molecule has 1 aromatic carbocycles. The summed E-state index contributed by atoms with van der Waals surface area (Å²) in [5, 5.41) is 2.91. The van der Waals surface area contributed by atoms with E-state index in [1.165, 1.54) is 0 Å². The van der Waals surface area contributed by atoms with Crippen LogP contribution in [-0.4, -0.2) is 33.3 Å². The summed E-state index contributed by atoms with van der Waals surface area (Å²) >= 11 is 0. The standard InChI is InChI=1S/C14H19NO4/c1-4-14(8-19-9-14)13(16)15-11-6-5-10(17-2)7-12(11)18-3/h5-7H,4,8-9H2,1-3H3,(H,15,16). The Morgan fingerprint density at radius 2 is 2.11 bits per heavy atom. The first-order valence-electron chi connectivity index (χ1n) is 6.26. The Bertz CT molecular complexity index is 463. The Labute approximate surface area is 112 Å². The highest BCUT2D eigenvalue weighted by Gasteiger charge is 2.44. The summed E-state index contributed by atoms with van der Waals surface area (Å²) in [6.45, 7) is 2.95. The molecular weight excluding hydrogens is 246 g/mol. The summed E-state index contributed by atoms with van der Waals surface area (Å²) < 4.78 is 15.6. The maximum atomic E-state index is 12.3. The van der Waals surface area contributed by atoms with Crippen LogP contribution < -0.4 is 14.8 Å². The fourth-order valence-electron chi connectivity index (χ4n) is 2.00. The van der Waals surface area contributed by atoms with E-state index in [0.29, 0.717) is 30.4 Å². The molecule has 1 saturated heterocycles. The molecule has 0 unspecified atom stereocenters. The SMILES string of the molecule is CCC1(C(=O)Nc2ccc(OC)cc2OC)COC1. The number of benzene rings is 1. The molecule has 19 heavy (non-hydrogen) atoms. The number of hydrogen-bond donors (Lipinski definition) is 1. The largest absolute Gasteiger partial charge is 0.497 e. The Balaban J connectivity index is 2.16. The molecule has 0 aliphatic carbocycles. The van der Waals surface area contributed by atoms with Crippen LogP contribution in [0.1, 0.15) is 13.3 Å². The van der Waals surface area contributed by atoms with E-state index in [9.17, 15) is 4.79 Å². The van der Waals surface area contributed by atoms with Gasteiger partial charge in [-0.15, -0.1) is 0 Å². The Hall–Kier alpha value is -1.75. The molecule has 5 heteroatoms. The van der Waals surface area contributed by atoms with Crippen LogP contribution in [0, 0.1) is 5.41 Å². The van der Waals surface area contributed by atoms with Gasteiger partial charge in [-0.05, 0) is 18.6 Å². The average Bonchev–Trinajstić information content (AvgIpc) is 2.38. The summed E-state index contributed by atoms with van der Waals surface area (Å²) in [4.78, 5) is 12.3. The molecule has 2 rings (SSSR count). The topological polar surface area (TPSA) is 56.8 Å². The van der Waals surface area contributed by atoms with Crippen LogP contribution in [0.4, 0.5) is 5.69 Å². The number of anilines is 1. The first kappa shape index (κ1) is 13.7. The minimum Gasteiger partial charge on any atom is -0.497 e. The summed E-state index contributed by atoms with van der Waals surface area (Å²) in [5.41, 5.74) is 0.248. The van der Waals surface area contributed by atoms with Gasteiger partial charge in [0.25, 0.3) is 0 Å². The van der Waals surface area contributed by atoms with Crippen LogP contribution in [-0.2, 0) is 9.53 Å². The van der Waals surface area contributed by atoms with E-state index in [-0.39, 0.29) is 5.91 Å². The van der Waals surface area contributed by atoms with Gasteiger partial charge in [-0.2, -0.15) is 0 Å². The number of carbonyl (C=O) groups is 1. The minimum absolute atomic E-state index is 0.0234. The molecule has 1 aliphatic heterocycles. The Kier molecular flexibility index (Phi) is 3.95. The second-order valence-corrected chi connectivity index (χ2v) is 4.65. The molecule has 0 saturated carbocycles. The highest BCUT2D eigenvalue weighted by Crippen LogP contribution is 2.35. The normalized spacial score (nSPS) is 16.4. The highest BCUT2D eigenvalue weighted by atomic mass is 16.5. The molecule has 0 radical (unpaired) electrons. The fraction of sp³-hybridized carbons (Fsp3) is 0.500. The second kappa shape index (κ2) is 5.48. The maximum absolute atomic E-state index is 12.3. The number of hydrogen-bond acceptors (Lipinski definition) is 4. The zero-order chi connectivity index (χ0) is 13.9. The number of ether oxygens (including phenoxy) is 3. The van der Waals surface area contributed by atoms with Crippen LogP contribution in [0.15, 0.2) is 18.2 Å². The van der Waals surface area contributed by atoms with Gasteiger partial charge < -0.3 is 19.5 Å². The monoisotopic (exact) mass is 265 g/mol. The Morgan fingerprint density at radius 3 is 2.58 bits per heavy atom. The van der Waals surface area contributed by atoms with E-state index in [1.807, 2.05) is 6.92 Å². The first-order valence-corrected chi connectivity index (χ1v) is 6.26. The predicted molar refractivity (Wildman–Crippen MR) is 71.7 cm³/mol. The van der Waals surface area contributed by atoms with E-state index in [4.69, 9.17) is 14.2 Å². The average molecular weight is 265 g/mol. The molecule has 104 valence electrons. The van der Waals surface area contributed by atoms with Gasteiger partial charge >= 0.3 is 0 Å². The molecule has 0 bridgehead atoms. The number of nitrogens with one attached hydrogen (secondary N) is 1. The summed E-state index contributed by atoms with van der Waals surface area (Å²) in [7, 11) is 3.15. The number of methoxy groups -OCH3 is 2. The van der Waals surface area contributed by atoms with E-state index >= 15 is 0 Å². The van der Waals surface area contributed by atoms with Crippen molar-refractivity contribution in [2.45, 2.75) is 13.3 Å². The van der Waals surface area contributed by atoms with Crippen molar-refractivity contribution in [3.63, 3.8) is 0 Å². The minimum atomic E-state index is -0.398. The molecule has 0 spiro atoms. The quantitative estimate of drug-likeness (QED) is 0.885. The van der Waals surface area contributed by atoms with Crippen LogP contribution in [0.3, 0.4) is 0 Å². The molecule has 1 aliphatic rings. The third-order valence-electron chi connectivity index (χ3n) is 3.57. The maximum Gasteiger partial charge on any atom is 0.235 e. The number of amides is 1. The van der Waals surface area contributed by atoms with Crippen molar-refractivity contribution in [2.75, 3.05) is 32.8 Å². The van der Waals surface area contributed by atoms with Crippen LogP contribution >= 0.6 is 0 Å². The molecule has 1 amide bonds. The second-order valence-electron chi connectivity index (χ2n) is 4.65. The zero-order valence-corrected chi connectivity index (χ0v) is 11.5. The molecular formula is C14H19NO4. The Morgan fingerprint density at radius 1 is 1.37 bits per heavy atom. The van der Waals surface area contributed by atoms with Crippen molar-refractivity contribution in [2.24, 2.45) is 5.41 Å². The van der Waals surface area contributed by atoms with Gasteiger partial charge in [0, 0.05) is 6.07 Å². The molecule has 5 nitrogen and oxygen atoms in total. The van der Waals surface area contributed by atoms with Gasteiger partial charge in [-0.1, -0.05) is 6.92 Å². The van der Waals surface area contributed by atoms with Gasteiger partial charge in [-0.25, -0.2) is 0 Å². The molecule has 1 N–H and O–H groups in total. The zero-order valence-electron chi connectivity index (χ0n) is 11.5. The van der Waals surface area contributed by atoms with Crippen molar-refractivity contribution in [1.82, 2.24) is 0 Å². The molecule has 0 atom stereocenters.